The number of rotatable bonds is 6. The van der Waals surface area contributed by atoms with E-state index in [1.54, 1.807) is 19.1 Å². The molecule has 1 atom stereocenters. The summed E-state index contributed by atoms with van der Waals surface area (Å²) in [6, 6.07) is 8.60. The van der Waals surface area contributed by atoms with Crippen LogP contribution in [-0.4, -0.2) is 23.7 Å². The van der Waals surface area contributed by atoms with Crippen molar-refractivity contribution in [3.05, 3.63) is 54.0 Å². The number of amides is 1. The quantitative estimate of drug-likeness (QED) is 0.797. The van der Waals surface area contributed by atoms with Crippen LogP contribution >= 0.6 is 0 Å². The monoisotopic (exact) mass is 356 g/mol. The number of halogens is 4. The molecule has 1 aromatic carbocycles. The molecule has 4 nitrogen and oxygen atoms in total. The van der Waals surface area contributed by atoms with Crippen LogP contribution in [0.1, 0.15) is 12.5 Å². The lowest BCUT2D eigenvalue weighted by Gasteiger charge is -2.13. The van der Waals surface area contributed by atoms with E-state index in [-0.39, 0.29) is 17.6 Å². The second-order valence-corrected chi connectivity index (χ2v) is 5.51. The summed E-state index contributed by atoms with van der Waals surface area (Å²) in [4.78, 5) is 15.8. The molecule has 0 aliphatic rings. The van der Waals surface area contributed by atoms with Crippen LogP contribution < -0.4 is 10.1 Å². The molecular formula is C17H16F4N2O2. The summed E-state index contributed by atoms with van der Waals surface area (Å²) < 4.78 is 53.8. The standard InChI is InChI=1S/C17H16F4N2O2/c1-11(7-12-3-2-4-13(18)8-12)16(24)23-14-5-6-15(22-9-14)25-10-17(19,20)21/h2-6,8-9,11H,7,10H2,1H3,(H,23,24). The van der Waals surface area contributed by atoms with Gasteiger partial charge in [0.05, 0.1) is 11.9 Å². The molecule has 8 heteroatoms. The van der Waals surface area contributed by atoms with Gasteiger partial charge in [-0.3, -0.25) is 4.79 Å². The van der Waals surface area contributed by atoms with Crippen LogP contribution in [0.5, 0.6) is 5.88 Å². The highest BCUT2D eigenvalue weighted by atomic mass is 19.4. The van der Waals surface area contributed by atoms with Crippen molar-refractivity contribution >= 4 is 11.6 Å². The molecule has 0 bridgehead atoms. The van der Waals surface area contributed by atoms with Crippen molar-refractivity contribution in [1.82, 2.24) is 4.98 Å². The van der Waals surface area contributed by atoms with Gasteiger partial charge in [-0.25, -0.2) is 9.37 Å². The van der Waals surface area contributed by atoms with Crippen LogP contribution in [0.15, 0.2) is 42.6 Å². The van der Waals surface area contributed by atoms with E-state index in [0.29, 0.717) is 17.7 Å². The highest BCUT2D eigenvalue weighted by Crippen LogP contribution is 2.19. The Labute approximate surface area is 141 Å². The van der Waals surface area contributed by atoms with Crippen LogP contribution in [0, 0.1) is 11.7 Å². The fraction of sp³-hybridized carbons (Fsp3) is 0.294. The Bertz CT molecular complexity index is 717. The second-order valence-electron chi connectivity index (χ2n) is 5.51. The average molecular weight is 356 g/mol. The van der Waals surface area contributed by atoms with E-state index in [0.717, 1.165) is 0 Å². The Kier molecular flexibility index (Phi) is 5.95. The SMILES string of the molecule is CC(Cc1cccc(F)c1)C(=O)Nc1ccc(OCC(F)(F)F)nc1. The molecule has 0 fully saturated rings. The Morgan fingerprint density at radius 2 is 2.04 bits per heavy atom. The fourth-order valence-corrected chi connectivity index (χ4v) is 2.07. The molecule has 0 aliphatic carbocycles. The van der Waals surface area contributed by atoms with Gasteiger partial charge in [-0.2, -0.15) is 13.2 Å². The molecule has 0 aliphatic heterocycles. The van der Waals surface area contributed by atoms with E-state index in [1.165, 1.54) is 30.5 Å². The first-order chi connectivity index (χ1) is 11.7. The zero-order valence-electron chi connectivity index (χ0n) is 13.3. The van der Waals surface area contributed by atoms with E-state index in [2.05, 4.69) is 15.0 Å². The lowest BCUT2D eigenvalue weighted by atomic mass is 10.0. The fourth-order valence-electron chi connectivity index (χ4n) is 2.07. The summed E-state index contributed by atoms with van der Waals surface area (Å²) in [7, 11) is 0. The van der Waals surface area contributed by atoms with E-state index in [4.69, 9.17) is 0 Å². The van der Waals surface area contributed by atoms with Crippen molar-refractivity contribution in [3.8, 4) is 5.88 Å². The summed E-state index contributed by atoms with van der Waals surface area (Å²) in [6.07, 6.45) is -2.89. The first-order valence-electron chi connectivity index (χ1n) is 7.44. The van der Waals surface area contributed by atoms with E-state index >= 15 is 0 Å². The van der Waals surface area contributed by atoms with Gasteiger partial charge in [0.2, 0.25) is 11.8 Å². The Morgan fingerprint density at radius 1 is 1.28 bits per heavy atom. The third-order valence-electron chi connectivity index (χ3n) is 3.27. The second kappa shape index (κ2) is 7.96. The average Bonchev–Trinajstić information content (AvgIpc) is 2.53. The molecule has 2 aromatic rings. The molecule has 2 rings (SSSR count). The number of hydrogen-bond donors (Lipinski definition) is 1. The molecular weight excluding hydrogens is 340 g/mol. The lowest BCUT2D eigenvalue weighted by molar-refractivity contribution is -0.154. The Balaban J connectivity index is 1.89. The number of aromatic nitrogens is 1. The molecule has 25 heavy (non-hydrogen) atoms. The maximum absolute atomic E-state index is 13.1. The van der Waals surface area contributed by atoms with Crippen LogP contribution in [-0.2, 0) is 11.2 Å². The van der Waals surface area contributed by atoms with Crippen LogP contribution in [0.4, 0.5) is 23.2 Å². The van der Waals surface area contributed by atoms with E-state index in [9.17, 15) is 22.4 Å². The normalized spacial score (nSPS) is 12.5. The van der Waals surface area contributed by atoms with Gasteiger partial charge in [-0.05, 0) is 30.2 Å². The number of benzene rings is 1. The zero-order valence-corrected chi connectivity index (χ0v) is 13.3. The van der Waals surface area contributed by atoms with Crippen LogP contribution in [0.25, 0.3) is 0 Å². The smallest absolute Gasteiger partial charge is 0.422 e. The van der Waals surface area contributed by atoms with Gasteiger partial charge >= 0.3 is 6.18 Å². The molecule has 1 unspecified atom stereocenters. The predicted molar refractivity (Wildman–Crippen MR) is 83.7 cm³/mol. The molecule has 0 saturated heterocycles. The number of nitrogens with zero attached hydrogens (tertiary/aromatic N) is 1. The number of anilines is 1. The largest absolute Gasteiger partial charge is 0.468 e. The predicted octanol–water partition coefficient (Wildman–Crippen LogP) is 3.98. The van der Waals surface area contributed by atoms with E-state index in [1.807, 2.05) is 0 Å². The van der Waals surface area contributed by atoms with Crippen LogP contribution in [0.3, 0.4) is 0 Å². The van der Waals surface area contributed by atoms with Crippen molar-refractivity contribution in [3.63, 3.8) is 0 Å². The van der Waals surface area contributed by atoms with Gasteiger partial charge in [0.25, 0.3) is 0 Å². The minimum Gasteiger partial charge on any atom is -0.468 e. The van der Waals surface area contributed by atoms with Gasteiger partial charge in [-0.1, -0.05) is 19.1 Å². The number of alkyl halides is 3. The lowest BCUT2D eigenvalue weighted by Crippen LogP contribution is -2.22. The topological polar surface area (TPSA) is 51.2 Å². The molecule has 0 saturated carbocycles. The highest BCUT2D eigenvalue weighted by molar-refractivity contribution is 5.92. The van der Waals surface area contributed by atoms with Gasteiger partial charge in [0, 0.05) is 12.0 Å². The van der Waals surface area contributed by atoms with Gasteiger partial charge < -0.3 is 10.1 Å². The zero-order chi connectivity index (χ0) is 18.4. The van der Waals surface area contributed by atoms with Crippen molar-refractivity contribution < 1.29 is 27.1 Å². The van der Waals surface area contributed by atoms with Crippen molar-refractivity contribution in [2.75, 3.05) is 11.9 Å². The number of carbonyl (C=O) groups is 1. The number of carbonyl (C=O) groups excluding carboxylic acids is 1. The molecule has 0 radical (unpaired) electrons. The Morgan fingerprint density at radius 3 is 2.64 bits per heavy atom. The first-order valence-corrected chi connectivity index (χ1v) is 7.44. The molecule has 1 heterocycles. The summed E-state index contributed by atoms with van der Waals surface area (Å²) in [5.74, 6) is -1.30. The molecule has 0 spiro atoms. The summed E-state index contributed by atoms with van der Waals surface area (Å²) >= 11 is 0. The first kappa shape index (κ1) is 18.7. The summed E-state index contributed by atoms with van der Waals surface area (Å²) in [6.45, 7) is 0.255. The minimum absolute atomic E-state index is 0.192. The maximum atomic E-state index is 13.1. The number of pyridine rings is 1. The Hall–Kier alpha value is -2.64. The number of hydrogen-bond acceptors (Lipinski definition) is 3. The van der Waals surface area contributed by atoms with Gasteiger partial charge in [-0.15, -0.1) is 0 Å². The van der Waals surface area contributed by atoms with Gasteiger partial charge in [0.15, 0.2) is 6.61 Å². The third kappa shape index (κ3) is 6.40. The van der Waals surface area contributed by atoms with Crippen molar-refractivity contribution in [2.45, 2.75) is 19.5 Å². The van der Waals surface area contributed by atoms with Gasteiger partial charge in [0.1, 0.15) is 5.82 Å². The van der Waals surface area contributed by atoms with Crippen LogP contribution in [0.2, 0.25) is 0 Å². The summed E-state index contributed by atoms with van der Waals surface area (Å²) in [5, 5.41) is 2.60. The highest BCUT2D eigenvalue weighted by Gasteiger charge is 2.28. The molecule has 1 N–H and O–H groups in total. The maximum Gasteiger partial charge on any atom is 0.422 e. The third-order valence-corrected chi connectivity index (χ3v) is 3.27. The summed E-state index contributed by atoms with van der Waals surface area (Å²) in [5.41, 5.74) is 1.02. The molecule has 1 amide bonds. The van der Waals surface area contributed by atoms with Crippen molar-refractivity contribution in [2.24, 2.45) is 5.92 Å². The van der Waals surface area contributed by atoms with E-state index < -0.39 is 18.7 Å². The number of ether oxygens (including phenoxy) is 1. The molecule has 1 aromatic heterocycles. The molecule has 134 valence electrons. The number of nitrogens with one attached hydrogen (secondary N) is 1. The minimum atomic E-state index is -4.44. The van der Waals surface area contributed by atoms with Crippen molar-refractivity contribution in [1.29, 1.82) is 0 Å².